The Morgan fingerprint density at radius 3 is 2.31 bits per heavy atom. The largest absolute Gasteiger partial charge is 0.507 e. The van der Waals surface area contributed by atoms with Gasteiger partial charge in [0.2, 0.25) is 0 Å². The summed E-state index contributed by atoms with van der Waals surface area (Å²) in [7, 11) is 1.56. The van der Waals surface area contributed by atoms with Crippen molar-refractivity contribution >= 4 is 23.1 Å². The number of ketones is 1. The van der Waals surface area contributed by atoms with E-state index in [9.17, 15) is 14.7 Å². The first kappa shape index (κ1) is 24.1. The zero-order valence-electron chi connectivity index (χ0n) is 20.6. The van der Waals surface area contributed by atoms with Crippen molar-refractivity contribution in [2.75, 3.05) is 18.6 Å². The molecule has 0 spiro atoms. The summed E-state index contributed by atoms with van der Waals surface area (Å²) in [6, 6.07) is 17.3. The van der Waals surface area contributed by atoms with Crippen molar-refractivity contribution in [3.8, 4) is 11.5 Å². The third-order valence-corrected chi connectivity index (χ3v) is 6.09. The van der Waals surface area contributed by atoms with Crippen LogP contribution in [0, 0.1) is 20.8 Å². The highest BCUT2D eigenvalue weighted by Crippen LogP contribution is 2.43. The molecule has 4 rings (SSSR count). The van der Waals surface area contributed by atoms with E-state index < -0.39 is 17.7 Å². The van der Waals surface area contributed by atoms with Crippen LogP contribution in [0.15, 0.2) is 66.2 Å². The predicted molar refractivity (Wildman–Crippen MR) is 136 cm³/mol. The second-order valence-electron chi connectivity index (χ2n) is 8.70. The molecule has 1 unspecified atom stereocenters. The molecule has 3 aromatic carbocycles. The van der Waals surface area contributed by atoms with Crippen LogP contribution in [-0.2, 0) is 9.59 Å². The van der Waals surface area contributed by atoms with Crippen LogP contribution >= 0.6 is 0 Å². The lowest BCUT2D eigenvalue weighted by molar-refractivity contribution is -0.132. The molecule has 1 saturated heterocycles. The topological polar surface area (TPSA) is 76.1 Å². The number of anilines is 1. The molecule has 1 N–H and O–H groups in total. The van der Waals surface area contributed by atoms with E-state index in [0.717, 1.165) is 16.7 Å². The summed E-state index contributed by atoms with van der Waals surface area (Å²) < 4.78 is 11.0. The molecule has 1 aliphatic rings. The smallest absolute Gasteiger partial charge is 0.300 e. The Balaban J connectivity index is 1.95. The number of amides is 1. The first-order chi connectivity index (χ1) is 16.7. The number of carbonyl (C=O) groups excluding carboxylic acids is 2. The Morgan fingerprint density at radius 2 is 1.69 bits per heavy atom. The van der Waals surface area contributed by atoms with Crippen LogP contribution in [0.4, 0.5) is 5.69 Å². The zero-order valence-corrected chi connectivity index (χ0v) is 20.6. The number of aryl methyl sites for hydroxylation is 3. The molecular weight excluding hydrogens is 442 g/mol. The molecule has 1 aliphatic heterocycles. The summed E-state index contributed by atoms with van der Waals surface area (Å²) in [5.74, 6) is -0.364. The predicted octanol–water partition coefficient (Wildman–Crippen LogP) is 5.65. The van der Waals surface area contributed by atoms with Gasteiger partial charge in [0, 0.05) is 11.3 Å². The Bertz CT molecular complexity index is 1320. The van der Waals surface area contributed by atoms with E-state index in [1.807, 2.05) is 52.0 Å². The van der Waals surface area contributed by atoms with Crippen molar-refractivity contribution in [2.24, 2.45) is 0 Å². The number of methoxy groups -OCH3 is 1. The lowest BCUT2D eigenvalue weighted by Crippen LogP contribution is -2.29. The summed E-state index contributed by atoms with van der Waals surface area (Å²) in [5.41, 5.74) is 4.48. The maximum absolute atomic E-state index is 13.4. The van der Waals surface area contributed by atoms with Crippen LogP contribution in [0.3, 0.4) is 0 Å². The fourth-order valence-corrected chi connectivity index (χ4v) is 4.59. The van der Waals surface area contributed by atoms with Crippen molar-refractivity contribution in [2.45, 2.75) is 33.7 Å². The SMILES string of the molecule is CCOc1ccc(/C(O)=C2/C(=O)C(=O)N(c3cc(C)cc(C)c3)C2c2cccc(OC)c2)cc1C. The van der Waals surface area contributed by atoms with Gasteiger partial charge in [0.25, 0.3) is 11.7 Å². The minimum absolute atomic E-state index is 0.0333. The van der Waals surface area contributed by atoms with Gasteiger partial charge in [-0.1, -0.05) is 18.2 Å². The number of nitrogens with zero attached hydrogens (tertiary/aromatic N) is 1. The highest BCUT2D eigenvalue weighted by atomic mass is 16.5. The molecule has 0 radical (unpaired) electrons. The highest BCUT2D eigenvalue weighted by molar-refractivity contribution is 6.51. The molecule has 1 heterocycles. The molecule has 0 saturated carbocycles. The number of Topliss-reactive ketones (excluding diaryl/α,β-unsaturated/α-hetero) is 1. The number of rotatable bonds is 6. The van der Waals surface area contributed by atoms with Gasteiger partial charge in [-0.2, -0.15) is 0 Å². The minimum atomic E-state index is -0.821. The van der Waals surface area contributed by atoms with E-state index in [2.05, 4.69) is 0 Å². The monoisotopic (exact) mass is 471 g/mol. The summed E-state index contributed by atoms with van der Waals surface area (Å²) >= 11 is 0. The fraction of sp³-hybridized carbons (Fsp3) is 0.241. The van der Waals surface area contributed by atoms with Crippen LogP contribution in [0.25, 0.3) is 5.76 Å². The third kappa shape index (κ3) is 4.52. The third-order valence-electron chi connectivity index (χ3n) is 6.09. The van der Waals surface area contributed by atoms with E-state index in [0.29, 0.717) is 34.9 Å². The maximum atomic E-state index is 13.4. The quantitative estimate of drug-likeness (QED) is 0.286. The van der Waals surface area contributed by atoms with Gasteiger partial charge < -0.3 is 14.6 Å². The van der Waals surface area contributed by atoms with Gasteiger partial charge in [-0.05, 0) is 92.4 Å². The summed E-state index contributed by atoms with van der Waals surface area (Å²) in [6.45, 7) is 8.17. The van der Waals surface area contributed by atoms with Gasteiger partial charge >= 0.3 is 0 Å². The van der Waals surface area contributed by atoms with Gasteiger partial charge in [0.15, 0.2) is 0 Å². The summed E-state index contributed by atoms with van der Waals surface area (Å²) in [6.07, 6.45) is 0. The molecule has 0 aliphatic carbocycles. The van der Waals surface area contributed by atoms with Gasteiger partial charge in [-0.25, -0.2) is 0 Å². The summed E-state index contributed by atoms with van der Waals surface area (Å²) in [5, 5.41) is 11.4. The van der Waals surface area contributed by atoms with Crippen LogP contribution in [0.2, 0.25) is 0 Å². The molecule has 6 nitrogen and oxygen atoms in total. The number of hydrogen-bond acceptors (Lipinski definition) is 5. The second kappa shape index (κ2) is 9.66. The Hall–Kier alpha value is -4.06. The minimum Gasteiger partial charge on any atom is -0.507 e. The van der Waals surface area contributed by atoms with E-state index in [1.165, 1.54) is 4.90 Å². The van der Waals surface area contributed by atoms with E-state index in [1.54, 1.807) is 43.5 Å². The van der Waals surface area contributed by atoms with Crippen molar-refractivity contribution in [1.82, 2.24) is 0 Å². The zero-order chi connectivity index (χ0) is 25.3. The molecule has 3 aromatic rings. The number of aliphatic hydroxyl groups excluding tert-OH is 1. The number of ether oxygens (including phenoxy) is 2. The number of carbonyl (C=O) groups is 2. The van der Waals surface area contributed by atoms with Gasteiger partial charge in [-0.3, -0.25) is 14.5 Å². The van der Waals surface area contributed by atoms with Gasteiger partial charge in [0.05, 0.1) is 25.3 Å². The number of aliphatic hydroxyl groups is 1. The van der Waals surface area contributed by atoms with Crippen LogP contribution < -0.4 is 14.4 Å². The molecule has 6 heteroatoms. The van der Waals surface area contributed by atoms with Crippen molar-refractivity contribution in [1.29, 1.82) is 0 Å². The standard InChI is InChI=1S/C29H29NO5/c1-6-35-24-11-10-21(15-19(24)4)27(31)25-26(20-8-7-9-23(16-20)34-5)30(29(33)28(25)32)22-13-17(2)12-18(3)14-22/h7-16,26,31H,6H2,1-5H3/b27-25-. The van der Waals surface area contributed by atoms with E-state index in [4.69, 9.17) is 9.47 Å². The molecular formula is C29H29NO5. The van der Waals surface area contributed by atoms with Crippen molar-refractivity contribution in [3.05, 3.63) is 94.1 Å². The Labute approximate surface area is 205 Å². The number of benzene rings is 3. The summed E-state index contributed by atoms with van der Waals surface area (Å²) in [4.78, 5) is 28.3. The van der Waals surface area contributed by atoms with Crippen LogP contribution in [-0.4, -0.2) is 30.5 Å². The van der Waals surface area contributed by atoms with E-state index >= 15 is 0 Å². The Morgan fingerprint density at radius 1 is 0.971 bits per heavy atom. The van der Waals surface area contributed by atoms with Crippen LogP contribution in [0.1, 0.15) is 40.8 Å². The highest BCUT2D eigenvalue weighted by Gasteiger charge is 2.47. The van der Waals surface area contributed by atoms with E-state index in [-0.39, 0.29) is 11.3 Å². The average molecular weight is 472 g/mol. The lowest BCUT2D eigenvalue weighted by atomic mass is 9.94. The molecule has 0 bridgehead atoms. The number of hydrogen-bond donors (Lipinski definition) is 1. The molecule has 1 atom stereocenters. The normalized spacial score (nSPS) is 17.1. The van der Waals surface area contributed by atoms with Crippen molar-refractivity contribution in [3.63, 3.8) is 0 Å². The first-order valence-electron chi connectivity index (χ1n) is 11.5. The molecule has 35 heavy (non-hydrogen) atoms. The molecule has 0 aromatic heterocycles. The van der Waals surface area contributed by atoms with Crippen molar-refractivity contribution < 1.29 is 24.2 Å². The van der Waals surface area contributed by atoms with Gasteiger partial charge in [-0.15, -0.1) is 0 Å². The van der Waals surface area contributed by atoms with Gasteiger partial charge in [0.1, 0.15) is 17.3 Å². The molecule has 1 fully saturated rings. The van der Waals surface area contributed by atoms with Crippen LogP contribution in [0.5, 0.6) is 11.5 Å². The second-order valence-corrected chi connectivity index (χ2v) is 8.70. The Kier molecular flexibility index (Phi) is 6.65. The fourth-order valence-electron chi connectivity index (χ4n) is 4.59. The maximum Gasteiger partial charge on any atom is 0.300 e. The average Bonchev–Trinajstić information content (AvgIpc) is 3.10. The molecule has 1 amide bonds. The lowest BCUT2D eigenvalue weighted by Gasteiger charge is -2.26. The molecule has 180 valence electrons. The first-order valence-corrected chi connectivity index (χ1v) is 11.5.